The fraction of sp³-hybridized carbons (Fsp3) is 0.463. The second-order valence-corrected chi connectivity index (χ2v) is 19.7. The molecule has 19 nitrogen and oxygen atoms in total. The number of methoxy groups -OCH3 is 1. The number of aryl methyl sites for hydroxylation is 1. The summed E-state index contributed by atoms with van der Waals surface area (Å²) in [5.74, 6) is -2.65. The van der Waals surface area contributed by atoms with E-state index in [1.807, 2.05) is 11.8 Å². The fourth-order valence-electron chi connectivity index (χ4n) is 7.52. The Kier molecular flexibility index (Phi) is 17.3. The van der Waals surface area contributed by atoms with Crippen LogP contribution in [0.2, 0.25) is 0 Å². The Labute approximate surface area is 367 Å². The lowest BCUT2D eigenvalue weighted by Crippen LogP contribution is -2.34. The van der Waals surface area contributed by atoms with E-state index in [0.717, 1.165) is 0 Å². The third-order valence-corrected chi connectivity index (χ3v) is 13.3. The number of amides is 2. The van der Waals surface area contributed by atoms with Crippen LogP contribution >= 0.6 is 0 Å². The van der Waals surface area contributed by atoms with Gasteiger partial charge in [-0.2, -0.15) is 25.3 Å². The Bertz CT molecular complexity index is 2490. The maximum Gasteiger partial charge on any atom is 0.335 e. The van der Waals surface area contributed by atoms with E-state index >= 15 is 0 Å². The number of ether oxygens (including phenoxy) is 2. The number of aliphatic hydroxyl groups is 1. The topological polar surface area (TPSA) is 281 Å². The molecule has 0 bridgehead atoms. The van der Waals surface area contributed by atoms with Crippen molar-refractivity contribution in [1.29, 1.82) is 0 Å². The Morgan fingerprint density at radius 3 is 2.19 bits per heavy atom. The number of carbonyl (C=O) groups is 3. The maximum atomic E-state index is 12.3. The summed E-state index contributed by atoms with van der Waals surface area (Å²) in [5, 5.41) is 10.2. The molecule has 2 aliphatic heterocycles. The summed E-state index contributed by atoms with van der Waals surface area (Å²) in [6.45, 7) is 5.24. The molecular formula is C41H53N3O16S3. The second kappa shape index (κ2) is 21.4. The van der Waals surface area contributed by atoms with Crippen LogP contribution in [0.15, 0.2) is 87.3 Å². The Balaban J connectivity index is 1.70. The number of benzene rings is 2. The summed E-state index contributed by atoms with van der Waals surface area (Å²) >= 11 is 0. The van der Waals surface area contributed by atoms with Gasteiger partial charge in [0.1, 0.15) is 0 Å². The molecule has 2 aromatic carbocycles. The zero-order valence-corrected chi connectivity index (χ0v) is 37.7. The van der Waals surface area contributed by atoms with Gasteiger partial charge in [0.2, 0.25) is 0 Å². The van der Waals surface area contributed by atoms with E-state index in [-0.39, 0.29) is 76.5 Å². The zero-order chi connectivity index (χ0) is 46.8. The van der Waals surface area contributed by atoms with E-state index in [2.05, 4.69) is 4.99 Å². The number of carbonyl (C=O) groups excluding carboxylic acids is 3. The molecule has 2 atom stereocenters. The van der Waals surface area contributed by atoms with Gasteiger partial charge >= 0.3 is 5.97 Å². The summed E-state index contributed by atoms with van der Waals surface area (Å²) in [7, 11) is -12.1. The Morgan fingerprint density at radius 1 is 0.921 bits per heavy atom. The molecule has 0 aliphatic carbocycles. The van der Waals surface area contributed by atoms with Crippen LogP contribution in [0.5, 0.6) is 0 Å². The molecule has 1 fully saturated rings. The molecule has 22 heteroatoms. The summed E-state index contributed by atoms with van der Waals surface area (Å²) in [6.07, 6.45) is 8.34. The average Bonchev–Trinajstić information content (AvgIpc) is 3.63. The summed E-state index contributed by atoms with van der Waals surface area (Å²) in [5.41, 5.74) is 1.04. The van der Waals surface area contributed by atoms with E-state index in [9.17, 15) is 58.4 Å². The summed E-state index contributed by atoms with van der Waals surface area (Å²) in [4.78, 5) is 46.6. The minimum atomic E-state index is -4.64. The van der Waals surface area contributed by atoms with Crippen LogP contribution in [0.3, 0.4) is 0 Å². The minimum absolute atomic E-state index is 0.0442. The minimum Gasteiger partial charge on any atom is -0.394 e. The maximum absolute atomic E-state index is 12.3. The van der Waals surface area contributed by atoms with Gasteiger partial charge in [-0.1, -0.05) is 24.3 Å². The number of aliphatic hydroxyl groups excluding tert-OH is 1. The molecule has 0 spiro atoms. The first-order valence-electron chi connectivity index (χ1n) is 19.7. The molecule has 2 unspecified atom stereocenters. The van der Waals surface area contributed by atoms with Gasteiger partial charge in [0.15, 0.2) is 0 Å². The molecule has 4 N–H and O–H groups in total. The first-order valence-corrected chi connectivity index (χ1v) is 24.2. The number of hydroxylamine groups is 2. The average molecular weight is 940 g/mol. The lowest BCUT2D eigenvalue weighted by atomic mass is 9.72. The first-order chi connectivity index (χ1) is 29.5. The van der Waals surface area contributed by atoms with Gasteiger partial charge in [-0.3, -0.25) is 28.2 Å². The van der Waals surface area contributed by atoms with Crippen molar-refractivity contribution in [2.45, 2.75) is 79.9 Å². The van der Waals surface area contributed by atoms with Gasteiger partial charge in [0.25, 0.3) is 42.2 Å². The lowest BCUT2D eigenvalue weighted by molar-refractivity contribution is -0.198. The zero-order valence-electron chi connectivity index (χ0n) is 35.3. The predicted molar refractivity (Wildman–Crippen MR) is 230 cm³/mol. The number of nitrogens with zero attached hydrogens (tertiary/aromatic N) is 3. The standard InChI is InChI=1S/C41H53N3O16S3/c1-29-11-12-30(62(52,53)54)27-32(29)40(2,18-8-26-61(49,50)51)35(42-20-22-45)9-6-5-7-10-36-41(3,19-24-58-4)33-28-31(63(55,56)57)13-14-34(33)43(36)21-25-59-23-17-39(48)60-44-37(46)15-16-38(44)47/h5-7,9-14,27-28,45H,8,15-26H2,1-4H3,(H,49,50,51)(H,52,53,54)(H,55,56,57)/b7-5+,9-6+,36-10+,42-35?. The molecule has 1 saturated heterocycles. The van der Waals surface area contributed by atoms with Crippen LogP contribution in [0, 0.1) is 6.92 Å². The summed E-state index contributed by atoms with van der Waals surface area (Å²) < 4.78 is 113. The van der Waals surface area contributed by atoms with Gasteiger partial charge in [-0.15, -0.1) is 5.06 Å². The van der Waals surface area contributed by atoms with E-state index in [4.69, 9.17) is 14.3 Å². The van der Waals surface area contributed by atoms with Crippen molar-refractivity contribution in [2.24, 2.45) is 4.99 Å². The van der Waals surface area contributed by atoms with Crippen molar-refractivity contribution >= 4 is 59.5 Å². The number of rotatable bonds is 23. The summed E-state index contributed by atoms with van der Waals surface area (Å²) in [6, 6.07) is 8.21. The molecule has 346 valence electrons. The molecule has 2 aliphatic rings. The highest BCUT2D eigenvalue weighted by atomic mass is 32.2. The third-order valence-electron chi connectivity index (χ3n) is 10.8. The predicted octanol–water partition coefficient (Wildman–Crippen LogP) is 3.67. The van der Waals surface area contributed by atoms with Crippen LogP contribution < -0.4 is 4.90 Å². The molecular weight excluding hydrogens is 887 g/mol. The Hall–Kier alpha value is -4.65. The Morgan fingerprint density at radius 2 is 1.57 bits per heavy atom. The van der Waals surface area contributed by atoms with Gasteiger partial charge in [-0.25, -0.2) is 4.79 Å². The second-order valence-electron chi connectivity index (χ2n) is 15.2. The van der Waals surface area contributed by atoms with E-state index < -0.39 is 69.6 Å². The number of hydrogen-bond donors (Lipinski definition) is 4. The lowest BCUT2D eigenvalue weighted by Gasteiger charge is -2.33. The molecule has 2 aromatic rings. The number of aliphatic imine (C=N–C) groups is 1. The van der Waals surface area contributed by atoms with E-state index in [0.29, 0.717) is 45.3 Å². The molecule has 0 aromatic heterocycles. The quantitative estimate of drug-likeness (QED) is 0.0407. The number of fused-ring (bicyclic) bond motifs is 1. The van der Waals surface area contributed by atoms with Crippen molar-refractivity contribution in [2.75, 3.05) is 57.3 Å². The van der Waals surface area contributed by atoms with E-state index in [1.54, 1.807) is 50.3 Å². The highest BCUT2D eigenvalue weighted by Crippen LogP contribution is 2.50. The van der Waals surface area contributed by atoms with Crippen molar-refractivity contribution in [1.82, 2.24) is 5.06 Å². The van der Waals surface area contributed by atoms with Gasteiger partial charge in [0.05, 0.1) is 48.3 Å². The molecule has 2 amide bonds. The van der Waals surface area contributed by atoms with Gasteiger partial charge in [-0.05, 0) is 99.2 Å². The third kappa shape index (κ3) is 13.2. The monoisotopic (exact) mass is 939 g/mol. The van der Waals surface area contributed by atoms with Crippen LogP contribution in [-0.4, -0.2) is 125 Å². The number of hydrogen-bond acceptors (Lipinski definition) is 15. The first kappa shape index (κ1) is 51.0. The number of anilines is 1. The van der Waals surface area contributed by atoms with Crippen molar-refractivity contribution < 1.29 is 72.7 Å². The van der Waals surface area contributed by atoms with Crippen LogP contribution in [0.1, 0.15) is 69.1 Å². The van der Waals surface area contributed by atoms with Crippen molar-refractivity contribution in [3.8, 4) is 0 Å². The molecule has 0 radical (unpaired) electrons. The molecule has 2 heterocycles. The number of imide groups is 1. The van der Waals surface area contributed by atoms with Crippen molar-refractivity contribution in [3.63, 3.8) is 0 Å². The largest absolute Gasteiger partial charge is 0.394 e. The van der Waals surface area contributed by atoms with Gasteiger partial charge in [0, 0.05) is 61.0 Å². The van der Waals surface area contributed by atoms with Crippen LogP contribution in [-0.2, 0) is 69.9 Å². The molecule has 63 heavy (non-hydrogen) atoms. The van der Waals surface area contributed by atoms with Crippen molar-refractivity contribution in [3.05, 3.63) is 89.2 Å². The smallest absolute Gasteiger partial charge is 0.335 e. The normalized spacial score (nSPS) is 19.2. The van der Waals surface area contributed by atoms with Crippen LogP contribution in [0.25, 0.3) is 0 Å². The SMILES string of the molecule is COCCC1(C)\C(=C/C=C/C=C/C(=NCCO)C(C)(CCCS(=O)(=O)O)c2cc(S(=O)(=O)O)ccc2C)N(CCOCCC(=O)ON2C(=O)CCC2=O)c2ccc(S(=O)(=O)O)cc21. The fourth-order valence-corrected chi connectivity index (χ4v) is 9.05. The highest BCUT2D eigenvalue weighted by molar-refractivity contribution is 7.86. The van der Waals surface area contributed by atoms with Gasteiger partial charge < -0.3 is 24.3 Å². The number of allylic oxidation sites excluding steroid dienone is 6. The molecule has 0 saturated carbocycles. The van der Waals surface area contributed by atoms with E-state index in [1.165, 1.54) is 37.4 Å². The highest BCUT2D eigenvalue weighted by Gasteiger charge is 2.44. The van der Waals surface area contributed by atoms with Crippen LogP contribution in [0.4, 0.5) is 5.69 Å². The molecule has 4 rings (SSSR count).